The summed E-state index contributed by atoms with van der Waals surface area (Å²) in [5.41, 5.74) is 0.574. The number of aromatic hydroxyl groups is 1. The highest BCUT2D eigenvalue weighted by atomic mass is 35.5. The maximum atomic E-state index is 10.9. The number of phenolic OH excluding ortho intramolecular Hbond substituents is 1. The van der Waals surface area contributed by atoms with Gasteiger partial charge in [0.15, 0.2) is 0 Å². The molecule has 1 aromatic carbocycles. The number of carbonyl (C=O) groups excluding carboxylic acids is 1. The molecular weight excluding hydrogens is 285 g/mol. The van der Waals surface area contributed by atoms with Gasteiger partial charge in [-0.3, -0.25) is 4.79 Å². The van der Waals surface area contributed by atoms with Crippen LogP contribution in [0.4, 0.5) is 0 Å². The topological polar surface area (TPSA) is 49.3 Å². The number of rotatable bonds is 3. The van der Waals surface area contributed by atoms with Crippen LogP contribution in [0.25, 0.3) is 0 Å². The van der Waals surface area contributed by atoms with Crippen molar-refractivity contribution in [3.63, 3.8) is 0 Å². The highest BCUT2D eigenvalue weighted by Gasteiger charge is 2.38. The molecule has 19 heavy (non-hydrogen) atoms. The Labute approximate surface area is 122 Å². The molecule has 0 radical (unpaired) electrons. The molecule has 1 amide bonds. The fourth-order valence-electron chi connectivity index (χ4n) is 2.96. The monoisotopic (exact) mass is 301 g/mol. The second-order valence-electron chi connectivity index (χ2n) is 5.28. The average Bonchev–Trinajstić information content (AvgIpc) is 2.38. The summed E-state index contributed by atoms with van der Waals surface area (Å²) in [6.45, 7) is 2.03. The van der Waals surface area contributed by atoms with E-state index in [9.17, 15) is 9.90 Å². The number of hydrogen-bond acceptors (Lipinski definition) is 2. The van der Waals surface area contributed by atoms with Crippen molar-refractivity contribution in [2.75, 3.05) is 0 Å². The second-order valence-corrected chi connectivity index (χ2v) is 6.04. The van der Waals surface area contributed by atoms with Gasteiger partial charge in [-0.15, -0.1) is 0 Å². The first-order valence-electron chi connectivity index (χ1n) is 6.38. The Morgan fingerprint density at radius 3 is 2.79 bits per heavy atom. The van der Waals surface area contributed by atoms with E-state index in [-0.39, 0.29) is 22.2 Å². The lowest BCUT2D eigenvalue weighted by molar-refractivity contribution is -0.111. The Kier molecular flexibility index (Phi) is 4.26. The second kappa shape index (κ2) is 5.59. The molecule has 2 N–H and O–H groups in total. The molecule has 1 saturated carbocycles. The summed E-state index contributed by atoms with van der Waals surface area (Å²) in [4.78, 5) is 10.9. The van der Waals surface area contributed by atoms with E-state index in [1.165, 1.54) is 0 Å². The van der Waals surface area contributed by atoms with Crippen molar-refractivity contribution in [2.24, 2.45) is 0 Å². The van der Waals surface area contributed by atoms with Gasteiger partial charge in [-0.1, -0.05) is 42.1 Å². The average molecular weight is 302 g/mol. The molecule has 0 aliphatic heterocycles. The summed E-state index contributed by atoms with van der Waals surface area (Å²) in [6.07, 6.45) is 4.77. The molecule has 2 unspecified atom stereocenters. The smallest absolute Gasteiger partial charge is 0.207 e. The van der Waals surface area contributed by atoms with Crippen LogP contribution in [0, 0.1) is 0 Å². The lowest BCUT2D eigenvalue weighted by Crippen LogP contribution is -2.48. The molecule has 2 rings (SSSR count). The van der Waals surface area contributed by atoms with E-state index in [0.717, 1.165) is 37.7 Å². The molecular formula is C14H17Cl2NO2. The van der Waals surface area contributed by atoms with Crippen molar-refractivity contribution in [3.05, 3.63) is 27.7 Å². The Bertz CT molecular complexity index is 493. The minimum absolute atomic E-state index is 0.0173. The molecule has 5 heteroatoms. The van der Waals surface area contributed by atoms with Gasteiger partial charge in [-0.2, -0.15) is 0 Å². The van der Waals surface area contributed by atoms with Gasteiger partial charge in [0.05, 0.1) is 5.02 Å². The summed E-state index contributed by atoms with van der Waals surface area (Å²) >= 11 is 12.3. The van der Waals surface area contributed by atoms with E-state index in [1.807, 2.05) is 6.92 Å². The molecule has 1 fully saturated rings. The molecule has 0 heterocycles. The van der Waals surface area contributed by atoms with E-state index in [4.69, 9.17) is 23.2 Å². The predicted octanol–water partition coefficient (Wildman–Crippen LogP) is 3.86. The Morgan fingerprint density at radius 1 is 1.37 bits per heavy atom. The Balaban J connectivity index is 2.43. The summed E-state index contributed by atoms with van der Waals surface area (Å²) < 4.78 is 0. The molecule has 1 aromatic rings. The van der Waals surface area contributed by atoms with Crippen LogP contribution in [0.15, 0.2) is 12.1 Å². The molecule has 0 aromatic heterocycles. The Hall–Kier alpha value is -0.930. The van der Waals surface area contributed by atoms with Crippen LogP contribution in [0.3, 0.4) is 0 Å². The molecule has 1 aliphatic rings. The molecule has 104 valence electrons. The van der Waals surface area contributed by atoms with Gasteiger partial charge in [-0.05, 0) is 31.4 Å². The van der Waals surface area contributed by atoms with Crippen LogP contribution in [-0.2, 0) is 4.79 Å². The van der Waals surface area contributed by atoms with Gasteiger partial charge >= 0.3 is 0 Å². The molecule has 0 spiro atoms. The zero-order valence-electron chi connectivity index (χ0n) is 10.7. The number of benzene rings is 1. The van der Waals surface area contributed by atoms with Gasteiger partial charge < -0.3 is 10.4 Å². The maximum Gasteiger partial charge on any atom is 0.207 e. The largest absolute Gasteiger partial charge is 0.506 e. The molecule has 1 aliphatic carbocycles. The molecule has 0 saturated heterocycles. The lowest BCUT2D eigenvalue weighted by atomic mass is 9.70. The first-order valence-corrected chi connectivity index (χ1v) is 7.13. The van der Waals surface area contributed by atoms with Crippen LogP contribution >= 0.6 is 23.2 Å². The van der Waals surface area contributed by atoms with Crippen LogP contribution in [0.2, 0.25) is 10.0 Å². The molecule has 2 atom stereocenters. The van der Waals surface area contributed by atoms with E-state index >= 15 is 0 Å². The third-order valence-corrected chi connectivity index (χ3v) is 4.95. The van der Waals surface area contributed by atoms with E-state index in [2.05, 4.69) is 5.32 Å². The van der Waals surface area contributed by atoms with Crippen molar-refractivity contribution >= 4 is 29.6 Å². The lowest BCUT2D eigenvalue weighted by Gasteiger charge is -2.42. The molecule has 0 bridgehead atoms. The van der Waals surface area contributed by atoms with Crippen molar-refractivity contribution in [1.82, 2.24) is 5.32 Å². The van der Waals surface area contributed by atoms with Crippen LogP contribution < -0.4 is 5.32 Å². The minimum Gasteiger partial charge on any atom is -0.506 e. The first kappa shape index (κ1) is 14.5. The summed E-state index contributed by atoms with van der Waals surface area (Å²) in [5, 5.41) is 13.1. The third kappa shape index (κ3) is 2.67. The normalized spacial score (nSPS) is 27.0. The highest BCUT2D eigenvalue weighted by Crippen LogP contribution is 2.46. The van der Waals surface area contributed by atoms with E-state index in [1.54, 1.807) is 12.1 Å². The fraction of sp³-hybridized carbons (Fsp3) is 0.500. The SMILES string of the molecule is CC1(NC=O)CCCCC1c1ccc(O)c(Cl)c1Cl. The maximum absolute atomic E-state index is 10.9. The number of amides is 1. The van der Waals surface area contributed by atoms with E-state index < -0.39 is 0 Å². The molecule has 3 nitrogen and oxygen atoms in total. The first-order chi connectivity index (χ1) is 8.99. The number of carbonyl (C=O) groups is 1. The highest BCUT2D eigenvalue weighted by molar-refractivity contribution is 6.43. The van der Waals surface area contributed by atoms with Crippen molar-refractivity contribution < 1.29 is 9.90 Å². The van der Waals surface area contributed by atoms with Crippen LogP contribution in [0.1, 0.15) is 44.1 Å². The fourth-order valence-corrected chi connectivity index (χ4v) is 3.43. The number of hydrogen-bond donors (Lipinski definition) is 2. The summed E-state index contributed by atoms with van der Waals surface area (Å²) in [7, 11) is 0. The minimum atomic E-state index is -0.316. The van der Waals surface area contributed by atoms with Crippen molar-refractivity contribution in [3.8, 4) is 5.75 Å². The van der Waals surface area contributed by atoms with Gasteiger partial charge in [0.1, 0.15) is 10.8 Å². The zero-order chi connectivity index (χ0) is 14.0. The quantitative estimate of drug-likeness (QED) is 0.833. The summed E-state index contributed by atoms with van der Waals surface area (Å²) in [6, 6.07) is 3.35. The Morgan fingerprint density at radius 2 is 2.11 bits per heavy atom. The van der Waals surface area contributed by atoms with E-state index in [0.29, 0.717) is 5.02 Å². The number of phenols is 1. The van der Waals surface area contributed by atoms with Crippen LogP contribution in [0.5, 0.6) is 5.75 Å². The zero-order valence-corrected chi connectivity index (χ0v) is 12.3. The standard InChI is InChI=1S/C14H17Cl2NO2/c1-14(17-8-18)7-3-2-4-10(14)9-5-6-11(19)13(16)12(9)15/h5-6,8,10,19H,2-4,7H2,1H3,(H,17,18). The van der Waals surface area contributed by atoms with Crippen molar-refractivity contribution in [2.45, 2.75) is 44.1 Å². The van der Waals surface area contributed by atoms with Crippen molar-refractivity contribution in [1.29, 1.82) is 0 Å². The van der Waals surface area contributed by atoms with Gasteiger partial charge in [0.25, 0.3) is 0 Å². The van der Waals surface area contributed by atoms with Gasteiger partial charge in [-0.25, -0.2) is 0 Å². The number of halogens is 2. The third-order valence-electron chi connectivity index (χ3n) is 4.06. The predicted molar refractivity (Wildman–Crippen MR) is 76.9 cm³/mol. The summed E-state index contributed by atoms with van der Waals surface area (Å²) in [5.74, 6) is 0.0910. The van der Waals surface area contributed by atoms with Gasteiger partial charge in [0.2, 0.25) is 6.41 Å². The number of nitrogens with one attached hydrogen (secondary N) is 1. The van der Waals surface area contributed by atoms with Gasteiger partial charge in [0, 0.05) is 11.5 Å². The van der Waals surface area contributed by atoms with Crippen LogP contribution in [-0.4, -0.2) is 17.1 Å².